The van der Waals surface area contributed by atoms with Gasteiger partial charge in [0.05, 0.1) is 25.7 Å². The molecular weight excluding hydrogens is 386 g/mol. The molecule has 3 rings (SSSR count). The van der Waals surface area contributed by atoms with Crippen molar-refractivity contribution >= 4 is 28.8 Å². The Balaban J connectivity index is 2.06. The Kier molecular flexibility index (Phi) is 6.01. The Morgan fingerprint density at radius 1 is 0.967 bits per heavy atom. The van der Waals surface area contributed by atoms with Gasteiger partial charge < -0.3 is 19.1 Å². The number of benzene rings is 2. The molecule has 2 aromatic carbocycles. The van der Waals surface area contributed by atoms with E-state index in [1.165, 1.54) is 19.1 Å². The van der Waals surface area contributed by atoms with Crippen molar-refractivity contribution in [1.29, 1.82) is 0 Å². The van der Waals surface area contributed by atoms with Gasteiger partial charge in [0.15, 0.2) is 0 Å². The van der Waals surface area contributed by atoms with Crippen LogP contribution in [0.2, 0.25) is 0 Å². The van der Waals surface area contributed by atoms with Gasteiger partial charge in [0.1, 0.15) is 5.60 Å². The van der Waals surface area contributed by atoms with E-state index in [9.17, 15) is 14.4 Å². The summed E-state index contributed by atoms with van der Waals surface area (Å²) in [6, 6.07) is 11.3. The molecule has 1 saturated heterocycles. The third-order valence-corrected chi connectivity index (χ3v) is 5.20. The van der Waals surface area contributed by atoms with E-state index in [0.29, 0.717) is 11.1 Å². The summed E-state index contributed by atoms with van der Waals surface area (Å²) in [4.78, 5) is 39.2. The van der Waals surface area contributed by atoms with Gasteiger partial charge >= 0.3 is 18.0 Å². The molecule has 0 unspecified atom stereocenters. The number of ether oxygens (including phenoxy) is 3. The van der Waals surface area contributed by atoms with Crippen molar-refractivity contribution in [2.24, 2.45) is 5.92 Å². The van der Waals surface area contributed by atoms with Crippen LogP contribution in [0.1, 0.15) is 42.6 Å². The van der Waals surface area contributed by atoms with Crippen LogP contribution in [-0.2, 0) is 19.0 Å². The van der Waals surface area contributed by atoms with Crippen LogP contribution < -0.4 is 0 Å². The van der Waals surface area contributed by atoms with Crippen LogP contribution in [-0.4, -0.2) is 55.8 Å². The van der Waals surface area contributed by atoms with Gasteiger partial charge in [-0.3, -0.25) is 4.79 Å². The number of hydrogen-bond acceptors (Lipinski definition) is 6. The number of esters is 2. The molecule has 1 fully saturated rings. The summed E-state index contributed by atoms with van der Waals surface area (Å²) >= 11 is 0. The molecule has 160 valence electrons. The minimum Gasteiger partial charge on any atom is -0.469 e. The predicted octanol–water partition coefficient (Wildman–Crippen LogP) is 3.75. The molecule has 30 heavy (non-hydrogen) atoms. The SMILES string of the molecule is COC(=O)c1cc2ccccc2cc1[C@@H]1CN(C(=O)OC(C)(C)C)C[C@H]1C(=O)OC. The normalized spacial score (nSPS) is 18.9. The number of fused-ring (bicyclic) bond motifs is 1. The zero-order valence-corrected chi connectivity index (χ0v) is 17.9. The first-order valence-corrected chi connectivity index (χ1v) is 9.81. The van der Waals surface area contributed by atoms with Crippen molar-refractivity contribution < 1.29 is 28.6 Å². The second-order valence-corrected chi connectivity index (χ2v) is 8.40. The highest BCUT2D eigenvalue weighted by molar-refractivity contribution is 5.98. The molecule has 0 aliphatic carbocycles. The number of hydrogen-bond donors (Lipinski definition) is 0. The summed E-state index contributed by atoms with van der Waals surface area (Å²) in [6.07, 6.45) is -0.501. The highest BCUT2D eigenvalue weighted by Crippen LogP contribution is 2.38. The third kappa shape index (κ3) is 4.40. The second-order valence-electron chi connectivity index (χ2n) is 8.40. The molecule has 0 aromatic heterocycles. The molecule has 1 aliphatic rings. The lowest BCUT2D eigenvalue weighted by molar-refractivity contribution is -0.145. The smallest absolute Gasteiger partial charge is 0.410 e. The standard InChI is InChI=1S/C23H27NO6/c1-23(2,3)30-22(27)24-12-18(19(13-24)21(26)29-5)16-10-14-8-6-7-9-15(14)11-17(16)20(25)28-4/h6-11,18-19H,12-13H2,1-5H3/t18-,19+/m0/s1. The van der Waals surface area contributed by atoms with Gasteiger partial charge in [0.25, 0.3) is 0 Å². The average Bonchev–Trinajstić information content (AvgIpc) is 3.16. The quantitative estimate of drug-likeness (QED) is 0.563. The molecule has 0 N–H and O–H groups in total. The summed E-state index contributed by atoms with van der Waals surface area (Å²) in [5.41, 5.74) is 0.374. The fourth-order valence-electron chi connectivity index (χ4n) is 3.84. The number of rotatable bonds is 3. The summed E-state index contributed by atoms with van der Waals surface area (Å²) in [5, 5.41) is 1.82. The molecule has 2 atom stereocenters. The van der Waals surface area contributed by atoms with Crippen LogP contribution in [0.4, 0.5) is 4.79 Å². The lowest BCUT2D eigenvalue weighted by atomic mass is 9.84. The zero-order chi connectivity index (χ0) is 22.1. The molecule has 0 radical (unpaired) electrons. The minimum absolute atomic E-state index is 0.152. The zero-order valence-electron chi connectivity index (χ0n) is 17.9. The van der Waals surface area contributed by atoms with E-state index in [-0.39, 0.29) is 13.1 Å². The van der Waals surface area contributed by atoms with Crippen LogP contribution in [0, 0.1) is 5.92 Å². The number of nitrogens with zero attached hydrogens (tertiary/aromatic N) is 1. The molecule has 0 bridgehead atoms. The Hall–Kier alpha value is -3.09. The van der Waals surface area contributed by atoms with Crippen molar-refractivity contribution in [2.75, 3.05) is 27.3 Å². The van der Waals surface area contributed by atoms with E-state index in [1.807, 2.05) is 30.3 Å². The monoisotopic (exact) mass is 413 g/mol. The summed E-state index contributed by atoms with van der Waals surface area (Å²) < 4.78 is 15.5. The van der Waals surface area contributed by atoms with Crippen LogP contribution in [0.5, 0.6) is 0 Å². The first-order chi connectivity index (χ1) is 14.1. The largest absolute Gasteiger partial charge is 0.469 e. The molecule has 2 aromatic rings. The number of amides is 1. The minimum atomic E-state index is -0.657. The Bertz CT molecular complexity index is 977. The Morgan fingerprint density at radius 3 is 2.17 bits per heavy atom. The van der Waals surface area contributed by atoms with E-state index < -0.39 is 35.5 Å². The highest BCUT2D eigenvalue weighted by atomic mass is 16.6. The van der Waals surface area contributed by atoms with Gasteiger partial charge in [0.2, 0.25) is 0 Å². The van der Waals surface area contributed by atoms with Crippen molar-refractivity contribution in [2.45, 2.75) is 32.3 Å². The number of carbonyl (C=O) groups is 3. The number of methoxy groups -OCH3 is 2. The Labute approximate surface area is 175 Å². The molecule has 0 spiro atoms. The maximum absolute atomic E-state index is 12.6. The molecule has 1 aliphatic heterocycles. The maximum Gasteiger partial charge on any atom is 0.410 e. The topological polar surface area (TPSA) is 82.1 Å². The van der Waals surface area contributed by atoms with Crippen molar-refractivity contribution in [3.63, 3.8) is 0 Å². The third-order valence-electron chi connectivity index (χ3n) is 5.20. The molecule has 1 amide bonds. The van der Waals surface area contributed by atoms with E-state index in [4.69, 9.17) is 14.2 Å². The van der Waals surface area contributed by atoms with Gasteiger partial charge in [-0.25, -0.2) is 9.59 Å². The average molecular weight is 413 g/mol. The number of likely N-dealkylation sites (tertiary alicyclic amines) is 1. The van der Waals surface area contributed by atoms with Crippen LogP contribution in [0.15, 0.2) is 36.4 Å². The van der Waals surface area contributed by atoms with E-state index in [0.717, 1.165) is 10.8 Å². The lowest BCUT2D eigenvalue weighted by Gasteiger charge is -2.24. The summed E-state index contributed by atoms with van der Waals surface area (Å²) in [7, 11) is 2.64. The Morgan fingerprint density at radius 2 is 1.60 bits per heavy atom. The van der Waals surface area contributed by atoms with Crippen LogP contribution >= 0.6 is 0 Å². The van der Waals surface area contributed by atoms with Gasteiger partial charge in [-0.15, -0.1) is 0 Å². The van der Waals surface area contributed by atoms with E-state index in [1.54, 1.807) is 26.8 Å². The van der Waals surface area contributed by atoms with Crippen molar-refractivity contribution in [3.8, 4) is 0 Å². The van der Waals surface area contributed by atoms with E-state index >= 15 is 0 Å². The van der Waals surface area contributed by atoms with E-state index in [2.05, 4.69) is 0 Å². The first kappa shape index (κ1) is 21.6. The highest BCUT2D eigenvalue weighted by Gasteiger charge is 2.43. The summed E-state index contributed by atoms with van der Waals surface area (Å²) in [6.45, 7) is 5.75. The molecule has 0 saturated carbocycles. The van der Waals surface area contributed by atoms with Crippen LogP contribution in [0.3, 0.4) is 0 Å². The maximum atomic E-state index is 12.6. The summed E-state index contributed by atoms with van der Waals surface area (Å²) in [5.74, 6) is -1.97. The molecule has 7 nitrogen and oxygen atoms in total. The molecule has 1 heterocycles. The van der Waals surface area contributed by atoms with Gasteiger partial charge in [-0.1, -0.05) is 24.3 Å². The second kappa shape index (κ2) is 8.34. The van der Waals surface area contributed by atoms with Gasteiger partial charge in [0, 0.05) is 19.0 Å². The van der Waals surface area contributed by atoms with Gasteiger partial charge in [-0.05, 0) is 49.2 Å². The molecular formula is C23H27NO6. The van der Waals surface area contributed by atoms with Crippen LogP contribution in [0.25, 0.3) is 10.8 Å². The fraction of sp³-hybridized carbons (Fsp3) is 0.435. The number of carbonyl (C=O) groups excluding carboxylic acids is 3. The molecule has 7 heteroatoms. The predicted molar refractivity (Wildman–Crippen MR) is 111 cm³/mol. The van der Waals surface area contributed by atoms with Gasteiger partial charge in [-0.2, -0.15) is 0 Å². The van der Waals surface area contributed by atoms with Crippen molar-refractivity contribution in [3.05, 3.63) is 47.5 Å². The lowest BCUT2D eigenvalue weighted by Crippen LogP contribution is -2.36. The first-order valence-electron chi connectivity index (χ1n) is 9.81. The fourth-order valence-corrected chi connectivity index (χ4v) is 3.84. The van der Waals surface area contributed by atoms with Crippen molar-refractivity contribution in [1.82, 2.24) is 4.90 Å².